The van der Waals surface area contributed by atoms with Crippen molar-refractivity contribution in [1.82, 2.24) is 0 Å². The molecule has 0 saturated carbocycles. The predicted octanol–water partition coefficient (Wildman–Crippen LogP) is 2.21. The van der Waals surface area contributed by atoms with Gasteiger partial charge in [-0.2, -0.15) is 0 Å². The molecule has 0 unspecified atom stereocenters. The van der Waals surface area contributed by atoms with Crippen LogP contribution in [0.25, 0.3) is 10.4 Å². The number of hydrogen-bond donors (Lipinski definition) is 0. The fourth-order valence-electron chi connectivity index (χ4n) is 0.700. The molecule has 0 radical (unpaired) electrons. The Morgan fingerprint density at radius 3 is 3.17 bits per heavy atom. The fourth-order valence-corrected chi connectivity index (χ4v) is 1.44. The highest BCUT2D eigenvalue weighted by Gasteiger charge is 2.11. The van der Waals surface area contributed by atoms with Crippen LogP contribution in [-0.2, 0) is 0 Å². The average Bonchev–Trinajstić information content (AvgIpc) is 2.51. The Kier molecular flexibility index (Phi) is 2.68. The zero-order valence-electron chi connectivity index (χ0n) is 6.22. The van der Waals surface area contributed by atoms with Crippen molar-refractivity contribution in [3.63, 3.8) is 0 Å². The van der Waals surface area contributed by atoms with Gasteiger partial charge in [-0.15, -0.1) is 11.3 Å². The first-order valence-corrected chi connectivity index (χ1v) is 3.88. The average molecular weight is 183 g/mol. The summed E-state index contributed by atoms with van der Waals surface area (Å²) in [7, 11) is 1.45. The molecule has 1 heterocycles. The van der Waals surface area contributed by atoms with Gasteiger partial charge in [0.15, 0.2) is 0 Å². The second-order valence-corrected chi connectivity index (χ2v) is 2.73. The molecule has 0 aromatic carbocycles. The lowest BCUT2D eigenvalue weighted by molar-refractivity contribution is 0.100. The molecule has 5 nitrogen and oxygen atoms in total. The van der Waals surface area contributed by atoms with Crippen molar-refractivity contribution in [3.8, 4) is 5.75 Å². The molecule has 1 rings (SSSR count). The summed E-state index contributed by atoms with van der Waals surface area (Å²) in [5, 5.41) is 4.64. The number of methoxy groups -OCH3 is 1. The normalized spacial score (nSPS) is 8.75. The molecule has 1 aromatic rings. The van der Waals surface area contributed by atoms with Crippen molar-refractivity contribution in [3.05, 3.63) is 26.8 Å². The van der Waals surface area contributed by atoms with Gasteiger partial charge in [-0.3, -0.25) is 4.79 Å². The molecule has 1 amide bonds. The van der Waals surface area contributed by atoms with E-state index in [-0.39, 0.29) is 0 Å². The van der Waals surface area contributed by atoms with Crippen LogP contribution in [0, 0.1) is 0 Å². The Balaban J connectivity index is 3.01. The molecule has 0 aliphatic rings. The molecule has 0 saturated heterocycles. The van der Waals surface area contributed by atoms with E-state index in [9.17, 15) is 4.79 Å². The van der Waals surface area contributed by atoms with Crippen LogP contribution in [0.15, 0.2) is 16.6 Å². The van der Waals surface area contributed by atoms with Gasteiger partial charge >= 0.3 is 0 Å². The topological polar surface area (TPSA) is 75.1 Å². The smallest absolute Gasteiger partial charge is 0.262 e. The van der Waals surface area contributed by atoms with Crippen LogP contribution in [0.3, 0.4) is 0 Å². The van der Waals surface area contributed by atoms with Crippen molar-refractivity contribution < 1.29 is 9.53 Å². The van der Waals surface area contributed by atoms with Crippen molar-refractivity contribution in [2.75, 3.05) is 7.11 Å². The summed E-state index contributed by atoms with van der Waals surface area (Å²) in [6.07, 6.45) is 0. The van der Waals surface area contributed by atoms with Crippen LogP contribution >= 0.6 is 11.3 Å². The highest BCUT2D eigenvalue weighted by Crippen LogP contribution is 2.24. The van der Waals surface area contributed by atoms with E-state index < -0.39 is 5.91 Å². The third-order valence-corrected chi connectivity index (χ3v) is 2.06. The number of amides is 1. The van der Waals surface area contributed by atoms with E-state index >= 15 is 0 Å². The standard InChI is InChI=1S/C6H5N3O2S/c1-11-4-2-3-12-5(4)6(10)8-9-7/h2-3H,1H3. The molecule has 0 atom stereocenters. The van der Waals surface area contributed by atoms with Gasteiger partial charge in [0.2, 0.25) is 0 Å². The summed E-state index contributed by atoms with van der Waals surface area (Å²) in [4.78, 5) is 13.7. The minimum absolute atomic E-state index is 0.329. The van der Waals surface area contributed by atoms with Crippen molar-refractivity contribution in [2.24, 2.45) is 5.11 Å². The number of carbonyl (C=O) groups is 1. The first-order valence-electron chi connectivity index (χ1n) is 3.00. The summed E-state index contributed by atoms with van der Waals surface area (Å²) >= 11 is 1.18. The van der Waals surface area contributed by atoms with Gasteiger partial charge in [0.1, 0.15) is 10.6 Å². The molecule has 0 fully saturated rings. The van der Waals surface area contributed by atoms with Crippen LogP contribution < -0.4 is 4.74 Å². The van der Waals surface area contributed by atoms with Crippen molar-refractivity contribution in [1.29, 1.82) is 0 Å². The highest BCUT2D eigenvalue weighted by molar-refractivity contribution is 7.12. The molecular weight excluding hydrogens is 178 g/mol. The number of rotatable bonds is 2. The lowest BCUT2D eigenvalue weighted by Gasteiger charge is -1.95. The van der Waals surface area contributed by atoms with Crippen molar-refractivity contribution >= 4 is 17.2 Å². The second-order valence-electron chi connectivity index (χ2n) is 1.81. The summed E-state index contributed by atoms with van der Waals surface area (Å²) < 4.78 is 4.86. The highest BCUT2D eigenvalue weighted by atomic mass is 32.1. The number of ether oxygens (including phenoxy) is 1. The maximum atomic E-state index is 11.0. The van der Waals surface area contributed by atoms with Gasteiger partial charge in [-0.25, -0.2) is 0 Å². The lowest BCUT2D eigenvalue weighted by Crippen LogP contribution is -1.92. The van der Waals surface area contributed by atoms with E-state index in [0.717, 1.165) is 0 Å². The van der Waals surface area contributed by atoms with Gasteiger partial charge in [-0.1, -0.05) is 0 Å². The van der Waals surface area contributed by atoms with E-state index in [0.29, 0.717) is 10.6 Å². The third-order valence-electron chi connectivity index (χ3n) is 1.18. The maximum absolute atomic E-state index is 11.0. The van der Waals surface area contributed by atoms with E-state index in [2.05, 4.69) is 10.0 Å². The molecule has 62 valence electrons. The lowest BCUT2D eigenvalue weighted by atomic mass is 10.4. The molecule has 1 aromatic heterocycles. The SMILES string of the molecule is COc1ccsc1C(=O)N=[N+]=[N-]. The van der Waals surface area contributed by atoms with E-state index in [1.54, 1.807) is 11.4 Å². The van der Waals surface area contributed by atoms with Crippen LogP contribution in [0.1, 0.15) is 9.67 Å². The van der Waals surface area contributed by atoms with Crippen LogP contribution in [0.4, 0.5) is 0 Å². The van der Waals surface area contributed by atoms with Gasteiger partial charge < -0.3 is 4.74 Å². The number of azide groups is 1. The fraction of sp³-hybridized carbons (Fsp3) is 0.167. The second kappa shape index (κ2) is 3.75. The van der Waals surface area contributed by atoms with Crippen LogP contribution in [-0.4, -0.2) is 13.0 Å². The zero-order valence-corrected chi connectivity index (χ0v) is 7.04. The monoisotopic (exact) mass is 183 g/mol. The van der Waals surface area contributed by atoms with Gasteiger partial charge in [0, 0.05) is 4.91 Å². The molecule has 0 aliphatic heterocycles. The Labute approximate surface area is 72.2 Å². The molecule has 0 aliphatic carbocycles. The minimum Gasteiger partial charge on any atom is -0.495 e. The van der Waals surface area contributed by atoms with Crippen LogP contribution in [0.5, 0.6) is 5.75 Å². The maximum Gasteiger partial charge on any atom is 0.262 e. The number of thiophene rings is 1. The van der Waals surface area contributed by atoms with Crippen molar-refractivity contribution in [2.45, 2.75) is 0 Å². The van der Waals surface area contributed by atoms with E-state index in [1.165, 1.54) is 18.4 Å². The zero-order chi connectivity index (χ0) is 8.97. The summed E-state index contributed by atoms with van der Waals surface area (Å²) in [6, 6.07) is 1.64. The first-order chi connectivity index (χ1) is 5.79. The first kappa shape index (κ1) is 8.58. The summed E-state index contributed by atoms with van der Waals surface area (Å²) in [5.41, 5.74) is 8.00. The molecular formula is C6H5N3O2S. The minimum atomic E-state index is -0.607. The number of carbonyl (C=O) groups excluding carboxylic acids is 1. The van der Waals surface area contributed by atoms with Crippen LogP contribution in [0.2, 0.25) is 0 Å². The number of hydrogen-bond acceptors (Lipinski definition) is 3. The van der Waals surface area contributed by atoms with E-state index in [4.69, 9.17) is 10.3 Å². The Bertz CT molecular complexity index is 340. The molecule has 6 heteroatoms. The largest absolute Gasteiger partial charge is 0.495 e. The molecule has 0 bridgehead atoms. The predicted molar refractivity (Wildman–Crippen MR) is 44.3 cm³/mol. The summed E-state index contributed by atoms with van der Waals surface area (Å²) in [5.74, 6) is -0.165. The Hall–Kier alpha value is -1.52. The Morgan fingerprint density at radius 1 is 1.83 bits per heavy atom. The van der Waals surface area contributed by atoms with E-state index in [1.807, 2.05) is 0 Å². The molecule has 12 heavy (non-hydrogen) atoms. The molecule has 0 N–H and O–H groups in total. The van der Waals surface area contributed by atoms with Gasteiger partial charge in [-0.05, 0) is 22.1 Å². The summed E-state index contributed by atoms with van der Waals surface area (Å²) in [6.45, 7) is 0. The number of nitrogens with zero attached hydrogens (tertiary/aromatic N) is 3. The Morgan fingerprint density at radius 2 is 2.58 bits per heavy atom. The quantitative estimate of drug-likeness (QED) is 0.400. The van der Waals surface area contributed by atoms with Gasteiger partial charge in [0.05, 0.1) is 7.11 Å². The van der Waals surface area contributed by atoms with Gasteiger partial charge in [0.25, 0.3) is 5.91 Å². The third kappa shape index (κ3) is 1.55. The molecule has 0 spiro atoms.